The summed E-state index contributed by atoms with van der Waals surface area (Å²) in [7, 11) is 0. The zero-order valence-corrected chi connectivity index (χ0v) is 27.4. The first-order chi connectivity index (χ1) is 22.6. The predicted octanol–water partition coefficient (Wildman–Crippen LogP) is 7.98. The number of hydrogen-bond acceptors (Lipinski definition) is 7. The first-order valence-electron chi connectivity index (χ1n) is 16.0. The summed E-state index contributed by atoms with van der Waals surface area (Å²) in [6, 6.07) is 29.7. The molecule has 0 saturated carbocycles. The molecule has 3 heterocycles. The van der Waals surface area contributed by atoms with Crippen molar-refractivity contribution >= 4 is 17.0 Å². The molecule has 6 rings (SSSR count). The lowest BCUT2D eigenvalue weighted by molar-refractivity contribution is -0.0358. The highest BCUT2D eigenvalue weighted by Crippen LogP contribution is 2.39. The van der Waals surface area contributed by atoms with E-state index in [4.69, 9.17) is 24.2 Å². The number of fused-ring (bicyclic) bond motifs is 1. The van der Waals surface area contributed by atoms with Gasteiger partial charge in [-0.25, -0.2) is 4.79 Å². The molecule has 0 spiro atoms. The number of ether oxygens (including phenoxy) is 3. The van der Waals surface area contributed by atoms with E-state index >= 15 is 0 Å². The predicted molar refractivity (Wildman–Crippen MR) is 182 cm³/mol. The van der Waals surface area contributed by atoms with Crippen molar-refractivity contribution in [1.29, 1.82) is 0 Å². The third kappa shape index (κ3) is 7.55. The normalized spacial score (nSPS) is 14.5. The Balaban J connectivity index is 1.28. The molecule has 8 nitrogen and oxygen atoms in total. The smallest absolute Gasteiger partial charge is 0.410 e. The highest BCUT2D eigenvalue weighted by atomic mass is 16.6. The Labute approximate surface area is 276 Å². The van der Waals surface area contributed by atoms with Crippen LogP contribution >= 0.6 is 0 Å². The van der Waals surface area contributed by atoms with Crippen LogP contribution in [0, 0.1) is 6.92 Å². The molecule has 0 bridgehead atoms. The van der Waals surface area contributed by atoms with Gasteiger partial charge in [0, 0.05) is 41.9 Å². The van der Waals surface area contributed by atoms with Gasteiger partial charge >= 0.3 is 6.09 Å². The number of aryl methyl sites for hydroxylation is 1. The van der Waals surface area contributed by atoms with Gasteiger partial charge in [0.2, 0.25) is 11.8 Å². The largest absolute Gasteiger partial charge is 0.473 e. The molecule has 1 amide bonds. The van der Waals surface area contributed by atoms with E-state index < -0.39 is 11.2 Å². The van der Waals surface area contributed by atoms with Crippen LogP contribution in [0.1, 0.15) is 55.9 Å². The Morgan fingerprint density at radius 1 is 0.872 bits per heavy atom. The molecule has 1 saturated heterocycles. The standard InChI is InChI=1S/C39H41N3O5/c1-27-32-23-30(24-40-34(32)17-16-33(27)39(44)19-21-42(22-20-39)37(43)47-38(2,3)4)31-15-18-35(45-25-28-11-7-5-8-12-28)41-36(31)46-26-29-13-9-6-10-14-29/h5-18,23-24,44H,19-22,25-26H2,1-4H3. The molecule has 0 radical (unpaired) electrons. The maximum Gasteiger partial charge on any atom is 0.410 e. The molecule has 47 heavy (non-hydrogen) atoms. The SMILES string of the molecule is Cc1c(C2(O)CCN(C(=O)OC(C)(C)C)CC2)ccc2ncc(-c3ccc(OCc4ccccc4)nc3OCc3ccccc3)cc12. The molecule has 1 N–H and O–H groups in total. The molecule has 8 heteroatoms. The van der Waals surface area contributed by atoms with E-state index in [-0.39, 0.29) is 6.09 Å². The second-order valence-electron chi connectivity index (χ2n) is 13.1. The fourth-order valence-corrected chi connectivity index (χ4v) is 5.94. The fraction of sp³-hybridized carbons (Fsp3) is 0.308. The monoisotopic (exact) mass is 631 g/mol. The summed E-state index contributed by atoms with van der Waals surface area (Å²) < 4.78 is 17.9. The van der Waals surface area contributed by atoms with Crippen LogP contribution < -0.4 is 9.47 Å². The molecular formula is C39H41N3O5. The van der Waals surface area contributed by atoms with Crippen molar-refractivity contribution in [3.63, 3.8) is 0 Å². The Morgan fingerprint density at radius 2 is 1.51 bits per heavy atom. The first kappa shape index (κ1) is 32.0. The van der Waals surface area contributed by atoms with Crippen molar-refractivity contribution in [2.45, 2.75) is 65.0 Å². The van der Waals surface area contributed by atoms with E-state index in [1.807, 2.05) is 119 Å². The molecule has 0 atom stereocenters. The van der Waals surface area contributed by atoms with Crippen molar-refractivity contribution in [2.75, 3.05) is 13.1 Å². The molecule has 1 aliphatic heterocycles. The molecule has 2 aromatic heterocycles. The van der Waals surface area contributed by atoms with Crippen LogP contribution in [0.3, 0.4) is 0 Å². The van der Waals surface area contributed by atoms with Gasteiger partial charge in [0.25, 0.3) is 0 Å². The van der Waals surface area contributed by atoms with Crippen LogP contribution in [0.4, 0.5) is 4.79 Å². The third-order valence-electron chi connectivity index (χ3n) is 8.47. The minimum atomic E-state index is -1.07. The van der Waals surface area contributed by atoms with Gasteiger partial charge in [0.1, 0.15) is 18.8 Å². The zero-order chi connectivity index (χ0) is 33.0. The van der Waals surface area contributed by atoms with Crippen LogP contribution in [0.2, 0.25) is 0 Å². The van der Waals surface area contributed by atoms with E-state index in [0.29, 0.717) is 50.9 Å². The van der Waals surface area contributed by atoms with E-state index in [0.717, 1.165) is 44.3 Å². The third-order valence-corrected chi connectivity index (χ3v) is 8.47. The van der Waals surface area contributed by atoms with Gasteiger partial charge in [-0.3, -0.25) is 4.98 Å². The van der Waals surface area contributed by atoms with Gasteiger partial charge in [-0.05, 0) is 81.0 Å². The summed E-state index contributed by atoms with van der Waals surface area (Å²) in [6.07, 6.45) is 2.31. The van der Waals surface area contributed by atoms with Gasteiger partial charge in [-0.1, -0.05) is 66.7 Å². The summed E-state index contributed by atoms with van der Waals surface area (Å²) in [5.74, 6) is 0.912. The van der Waals surface area contributed by atoms with Gasteiger partial charge in [0.15, 0.2) is 0 Å². The highest BCUT2D eigenvalue weighted by molar-refractivity contribution is 5.88. The average molecular weight is 632 g/mol. The van der Waals surface area contributed by atoms with Gasteiger partial charge in [-0.15, -0.1) is 0 Å². The van der Waals surface area contributed by atoms with E-state index in [2.05, 4.69) is 6.07 Å². The maximum absolute atomic E-state index is 12.6. The van der Waals surface area contributed by atoms with E-state index in [1.54, 1.807) is 4.90 Å². The number of rotatable bonds is 8. The first-order valence-corrected chi connectivity index (χ1v) is 16.0. The second-order valence-corrected chi connectivity index (χ2v) is 13.1. The van der Waals surface area contributed by atoms with Crippen molar-refractivity contribution in [1.82, 2.24) is 14.9 Å². The Bertz CT molecular complexity index is 1850. The second kappa shape index (κ2) is 13.4. The van der Waals surface area contributed by atoms with E-state index in [1.165, 1.54) is 0 Å². The number of pyridine rings is 2. The van der Waals surface area contributed by atoms with Crippen LogP contribution in [0.25, 0.3) is 22.0 Å². The molecule has 1 fully saturated rings. The topological polar surface area (TPSA) is 94.0 Å². The van der Waals surface area contributed by atoms with Crippen molar-refractivity contribution in [2.24, 2.45) is 0 Å². The molecular weight excluding hydrogens is 590 g/mol. The summed E-state index contributed by atoms with van der Waals surface area (Å²) >= 11 is 0. The van der Waals surface area contributed by atoms with Crippen LogP contribution in [-0.2, 0) is 23.6 Å². The van der Waals surface area contributed by atoms with E-state index in [9.17, 15) is 9.90 Å². The number of aliphatic hydroxyl groups is 1. The number of likely N-dealkylation sites (tertiary alicyclic amines) is 1. The summed E-state index contributed by atoms with van der Waals surface area (Å²) in [4.78, 5) is 23.9. The quantitative estimate of drug-likeness (QED) is 0.186. The van der Waals surface area contributed by atoms with Gasteiger partial charge in [0.05, 0.1) is 11.1 Å². The van der Waals surface area contributed by atoms with Crippen molar-refractivity contribution < 1.29 is 24.1 Å². The van der Waals surface area contributed by atoms with Crippen LogP contribution in [0.15, 0.2) is 97.2 Å². The summed E-state index contributed by atoms with van der Waals surface area (Å²) in [5.41, 5.74) is 4.69. The minimum Gasteiger partial charge on any atom is -0.473 e. The lowest BCUT2D eigenvalue weighted by Crippen LogP contribution is -2.47. The summed E-state index contributed by atoms with van der Waals surface area (Å²) in [5, 5.41) is 12.8. The van der Waals surface area contributed by atoms with Gasteiger partial charge in [-0.2, -0.15) is 4.98 Å². The Kier molecular flexibility index (Phi) is 9.14. The molecule has 242 valence electrons. The van der Waals surface area contributed by atoms with Crippen molar-refractivity contribution in [3.05, 3.63) is 119 Å². The summed E-state index contributed by atoms with van der Waals surface area (Å²) in [6.45, 7) is 9.15. The lowest BCUT2D eigenvalue weighted by Gasteiger charge is -2.39. The fourth-order valence-electron chi connectivity index (χ4n) is 5.94. The Hall–Kier alpha value is -4.95. The number of hydrogen-bond donors (Lipinski definition) is 1. The molecule has 0 aliphatic carbocycles. The molecule has 5 aromatic rings. The van der Waals surface area contributed by atoms with Crippen LogP contribution in [0.5, 0.6) is 11.8 Å². The number of piperidine rings is 1. The molecule has 0 unspecified atom stereocenters. The highest BCUT2D eigenvalue weighted by Gasteiger charge is 2.38. The zero-order valence-electron chi connectivity index (χ0n) is 27.4. The molecule has 1 aliphatic rings. The number of benzene rings is 3. The Morgan fingerprint density at radius 3 is 2.15 bits per heavy atom. The number of carbonyl (C=O) groups excluding carboxylic acids is 1. The molecule has 3 aromatic carbocycles. The minimum absolute atomic E-state index is 0.348. The lowest BCUT2D eigenvalue weighted by atomic mass is 9.81. The number of aromatic nitrogens is 2. The van der Waals surface area contributed by atoms with Crippen molar-refractivity contribution in [3.8, 4) is 22.9 Å². The number of amides is 1. The van der Waals surface area contributed by atoms with Gasteiger partial charge < -0.3 is 24.2 Å². The average Bonchev–Trinajstić information content (AvgIpc) is 3.07. The number of nitrogens with zero attached hydrogens (tertiary/aromatic N) is 3. The maximum atomic E-state index is 12.6. The van der Waals surface area contributed by atoms with Crippen LogP contribution in [-0.4, -0.2) is 44.8 Å². The number of carbonyl (C=O) groups is 1.